The molecule has 1 aromatic heterocycles. The van der Waals surface area contributed by atoms with Crippen molar-refractivity contribution in [2.75, 3.05) is 13.6 Å². The number of hydrogen-bond acceptors (Lipinski definition) is 3. The molecule has 3 rings (SSSR count). The molecule has 0 saturated heterocycles. The Labute approximate surface area is 95.2 Å². The van der Waals surface area contributed by atoms with Gasteiger partial charge in [0.1, 0.15) is 5.69 Å². The summed E-state index contributed by atoms with van der Waals surface area (Å²) >= 11 is 0. The Morgan fingerprint density at radius 3 is 2.88 bits per heavy atom. The van der Waals surface area contributed by atoms with Gasteiger partial charge in [-0.2, -0.15) is 5.10 Å². The van der Waals surface area contributed by atoms with Crippen molar-refractivity contribution in [1.82, 2.24) is 14.7 Å². The third-order valence-corrected chi connectivity index (χ3v) is 3.84. The second-order valence-electron chi connectivity index (χ2n) is 4.95. The van der Waals surface area contributed by atoms with Crippen LogP contribution in [-0.4, -0.2) is 34.6 Å². The van der Waals surface area contributed by atoms with Crippen molar-refractivity contribution in [3.8, 4) is 0 Å². The lowest BCUT2D eigenvalue weighted by molar-refractivity contribution is 0.111. The summed E-state index contributed by atoms with van der Waals surface area (Å²) in [7, 11) is 2.10. The van der Waals surface area contributed by atoms with Crippen LogP contribution in [0.3, 0.4) is 0 Å². The van der Waals surface area contributed by atoms with Gasteiger partial charge in [-0.3, -0.25) is 9.48 Å². The quantitative estimate of drug-likeness (QED) is 0.706. The van der Waals surface area contributed by atoms with Crippen LogP contribution >= 0.6 is 0 Å². The summed E-state index contributed by atoms with van der Waals surface area (Å²) in [6.45, 7) is 1.94. The Morgan fingerprint density at radius 1 is 1.44 bits per heavy atom. The second kappa shape index (κ2) is 3.70. The minimum atomic E-state index is 0.561. The van der Waals surface area contributed by atoms with E-state index in [1.807, 2.05) is 0 Å². The Balaban J connectivity index is 2.03. The molecule has 2 heterocycles. The molecular formula is C12H17N3O. The third kappa shape index (κ3) is 1.40. The first kappa shape index (κ1) is 10.0. The van der Waals surface area contributed by atoms with Crippen molar-refractivity contribution in [2.45, 2.75) is 38.3 Å². The maximum absolute atomic E-state index is 11.0. The molecule has 0 unspecified atom stereocenters. The SMILES string of the molecule is CN1CCc2c(c(C=O)nn2C2CCC2)C1. The zero-order chi connectivity index (χ0) is 11.1. The number of likely N-dealkylation sites (N-methyl/N-ethyl adjacent to an activating group) is 1. The Kier molecular flexibility index (Phi) is 2.32. The van der Waals surface area contributed by atoms with E-state index < -0.39 is 0 Å². The smallest absolute Gasteiger partial charge is 0.170 e. The summed E-state index contributed by atoms with van der Waals surface area (Å²) in [4.78, 5) is 13.3. The van der Waals surface area contributed by atoms with Crippen molar-refractivity contribution in [3.63, 3.8) is 0 Å². The maximum Gasteiger partial charge on any atom is 0.170 e. The van der Waals surface area contributed by atoms with E-state index in [-0.39, 0.29) is 0 Å². The number of carbonyl (C=O) groups excluding carboxylic acids is 1. The highest BCUT2D eigenvalue weighted by Gasteiger charge is 2.28. The van der Waals surface area contributed by atoms with E-state index in [0.29, 0.717) is 11.7 Å². The molecule has 1 aliphatic heterocycles. The molecule has 86 valence electrons. The molecule has 1 saturated carbocycles. The van der Waals surface area contributed by atoms with Gasteiger partial charge in [-0.15, -0.1) is 0 Å². The van der Waals surface area contributed by atoms with Crippen molar-refractivity contribution in [1.29, 1.82) is 0 Å². The second-order valence-corrected chi connectivity index (χ2v) is 4.95. The number of nitrogens with zero attached hydrogens (tertiary/aromatic N) is 3. The lowest BCUT2D eigenvalue weighted by Crippen LogP contribution is -2.29. The zero-order valence-electron chi connectivity index (χ0n) is 9.65. The van der Waals surface area contributed by atoms with Crippen LogP contribution in [0.4, 0.5) is 0 Å². The average Bonchev–Trinajstić information content (AvgIpc) is 2.54. The Morgan fingerprint density at radius 2 is 2.25 bits per heavy atom. The normalized spacial score (nSPS) is 21.6. The molecule has 2 aliphatic rings. The summed E-state index contributed by atoms with van der Waals surface area (Å²) in [6.07, 6.45) is 5.69. The molecule has 0 amide bonds. The first-order valence-corrected chi connectivity index (χ1v) is 6.03. The molecule has 0 radical (unpaired) electrons. The van der Waals surface area contributed by atoms with Gasteiger partial charge in [0.2, 0.25) is 0 Å². The van der Waals surface area contributed by atoms with Crippen molar-refractivity contribution < 1.29 is 4.79 Å². The molecule has 0 aromatic carbocycles. The molecule has 1 aromatic rings. The van der Waals surface area contributed by atoms with Crippen molar-refractivity contribution >= 4 is 6.29 Å². The first-order chi connectivity index (χ1) is 7.79. The third-order valence-electron chi connectivity index (χ3n) is 3.84. The molecule has 0 atom stereocenters. The number of aldehydes is 1. The van der Waals surface area contributed by atoms with E-state index in [9.17, 15) is 4.79 Å². The highest BCUT2D eigenvalue weighted by atomic mass is 16.1. The minimum Gasteiger partial charge on any atom is -0.302 e. The molecule has 0 N–H and O–H groups in total. The zero-order valence-corrected chi connectivity index (χ0v) is 9.65. The Bertz CT molecular complexity index is 420. The fraction of sp³-hybridized carbons (Fsp3) is 0.667. The number of fused-ring (bicyclic) bond motifs is 1. The van der Waals surface area contributed by atoms with Crippen LogP contribution in [0.25, 0.3) is 0 Å². The van der Waals surface area contributed by atoms with Crippen LogP contribution in [0.2, 0.25) is 0 Å². The molecule has 1 aliphatic carbocycles. The van der Waals surface area contributed by atoms with E-state index in [1.165, 1.54) is 25.0 Å². The van der Waals surface area contributed by atoms with Gasteiger partial charge >= 0.3 is 0 Å². The fourth-order valence-corrected chi connectivity index (χ4v) is 2.63. The highest BCUT2D eigenvalue weighted by molar-refractivity contribution is 5.75. The van der Waals surface area contributed by atoms with Gasteiger partial charge in [0.15, 0.2) is 6.29 Å². The van der Waals surface area contributed by atoms with Gasteiger partial charge in [-0.1, -0.05) is 0 Å². The van der Waals surface area contributed by atoms with Crippen LogP contribution in [0.5, 0.6) is 0 Å². The molecule has 0 spiro atoms. The van der Waals surface area contributed by atoms with E-state index in [4.69, 9.17) is 0 Å². The summed E-state index contributed by atoms with van der Waals surface area (Å²) in [5.74, 6) is 0. The largest absolute Gasteiger partial charge is 0.302 e. The molecule has 0 bridgehead atoms. The number of hydrogen-bond donors (Lipinski definition) is 0. The predicted molar refractivity (Wildman–Crippen MR) is 60.5 cm³/mol. The maximum atomic E-state index is 11.0. The van der Waals surface area contributed by atoms with Crippen molar-refractivity contribution in [3.05, 3.63) is 17.0 Å². The van der Waals surface area contributed by atoms with Crippen LogP contribution in [0.1, 0.15) is 47.1 Å². The van der Waals surface area contributed by atoms with Gasteiger partial charge in [-0.05, 0) is 26.3 Å². The van der Waals surface area contributed by atoms with Crippen molar-refractivity contribution in [2.24, 2.45) is 0 Å². The van der Waals surface area contributed by atoms with Crippen LogP contribution < -0.4 is 0 Å². The van der Waals surface area contributed by atoms with Crippen LogP contribution in [-0.2, 0) is 13.0 Å². The lowest BCUT2D eigenvalue weighted by atomic mass is 9.92. The molecular weight excluding hydrogens is 202 g/mol. The van der Waals surface area contributed by atoms with E-state index in [1.54, 1.807) is 0 Å². The molecule has 4 heteroatoms. The summed E-state index contributed by atoms with van der Waals surface area (Å²) < 4.78 is 2.13. The topological polar surface area (TPSA) is 38.1 Å². The number of rotatable bonds is 2. The van der Waals surface area contributed by atoms with E-state index >= 15 is 0 Å². The van der Waals surface area contributed by atoms with Gasteiger partial charge in [0.05, 0.1) is 6.04 Å². The molecule has 16 heavy (non-hydrogen) atoms. The van der Waals surface area contributed by atoms with E-state index in [0.717, 1.165) is 31.4 Å². The summed E-state index contributed by atoms with van der Waals surface area (Å²) in [6, 6.07) is 0.561. The minimum absolute atomic E-state index is 0.561. The monoisotopic (exact) mass is 219 g/mol. The van der Waals surface area contributed by atoms with Gasteiger partial charge < -0.3 is 4.90 Å². The fourth-order valence-electron chi connectivity index (χ4n) is 2.63. The standard InChI is InChI=1S/C12H17N3O/c1-14-6-5-12-10(7-14)11(8-16)13-15(12)9-3-2-4-9/h8-9H,2-7H2,1H3. The van der Waals surface area contributed by atoms with E-state index in [2.05, 4.69) is 21.7 Å². The Hall–Kier alpha value is -1.16. The van der Waals surface area contributed by atoms with Gasteiger partial charge in [-0.25, -0.2) is 0 Å². The average molecular weight is 219 g/mol. The molecule has 1 fully saturated rings. The number of carbonyl (C=O) groups is 1. The number of aromatic nitrogens is 2. The summed E-state index contributed by atoms with van der Waals surface area (Å²) in [5, 5.41) is 4.49. The van der Waals surface area contributed by atoms with Crippen LogP contribution in [0, 0.1) is 0 Å². The van der Waals surface area contributed by atoms with Crippen LogP contribution in [0.15, 0.2) is 0 Å². The first-order valence-electron chi connectivity index (χ1n) is 6.03. The predicted octanol–water partition coefficient (Wildman–Crippen LogP) is 1.41. The van der Waals surface area contributed by atoms with Gasteiger partial charge in [0, 0.05) is 30.8 Å². The highest BCUT2D eigenvalue weighted by Crippen LogP contribution is 2.34. The molecule has 4 nitrogen and oxygen atoms in total. The summed E-state index contributed by atoms with van der Waals surface area (Å²) in [5.41, 5.74) is 3.13. The lowest BCUT2D eigenvalue weighted by Gasteiger charge is -2.30. The van der Waals surface area contributed by atoms with Gasteiger partial charge in [0.25, 0.3) is 0 Å².